The fourth-order valence-corrected chi connectivity index (χ4v) is 1.30. The molecule has 0 spiro atoms. The summed E-state index contributed by atoms with van der Waals surface area (Å²) in [5, 5.41) is 8.08. The number of carboxylic acid groups (broad SMARTS) is 1. The van der Waals surface area contributed by atoms with Crippen LogP contribution in [0.25, 0.3) is 0 Å². The molecule has 0 rings (SSSR count). The molecule has 0 bridgehead atoms. The quantitative estimate of drug-likeness (QED) is 0.621. The Balaban J connectivity index is 3.50. The Hall–Kier alpha value is -0.220. The van der Waals surface area contributed by atoms with Crippen molar-refractivity contribution in [1.82, 2.24) is 0 Å². The number of hydrogen-bond acceptors (Lipinski definition) is 3. The topological polar surface area (TPSA) is 63.3 Å². The Morgan fingerprint density at radius 3 is 2.70 bits per heavy atom. The summed E-state index contributed by atoms with van der Waals surface area (Å²) in [6, 6.07) is 0. The van der Waals surface area contributed by atoms with Crippen LogP contribution in [0.4, 0.5) is 0 Å². The molecule has 0 aromatic carbocycles. The van der Waals surface area contributed by atoms with Crippen LogP contribution in [0.2, 0.25) is 0 Å². The van der Waals surface area contributed by atoms with Crippen LogP contribution < -0.4 is 5.73 Å². The molecular formula is C6H13NO2S. The molecule has 0 radical (unpaired) electrons. The van der Waals surface area contributed by atoms with Crippen molar-refractivity contribution in [2.45, 2.75) is 18.6 Å². The molecule has 4 heteroatoms. The number of nitrogens with two attached hydrogens (primary N) is 1. The lowest BCUT2D eigenvalue weighted by Gasteiger charge is -2.06. The molecule has 0 aliphatic carbocycles. The van der Waals surface area contributed by atoms with Crippen LogP contribution in [-0.2, 0) is 4.79 Å². The van der Waals surface area contributed by atoms with Crippen LogP contribution in [0, 0.1) is 0 Å². The molecule has 3 nitrogen and oxygen atoms in total. The predicted molar refractivity (Wildman–Crippen MR) is 43.2 cm³/mol. The van der Waals surface area contributed by atoms with Crippen LogP contribution in [0.5, 0.6) is 0 Å². The first kappa shape index (κ1) is 9.78. The monoisotopic (exact) mass is 163 g/mol. The van der Waals surface area contributed by atoms with E-state index in [1.807, 2.05) is 6.92 Å². The zero-order chi connectivity index (χ0) is 7.98. The number of hydrogen-bond donors (Lipinski definition) is 2. The molecule has 1 unspecified atom stereocenters. The normalized spacial score (nSPS) is 13.0. The summed E-state index contributed by atoms with van der Waals surface area (Å²) in [5.74, 6) is 0.0645. The Labute approximate surface area is 65.0 Å². The van der Waals surface area contributed by atoms with Crippen LogP contribution in [-0.4, -0.2) is 28.6 Å². The maximum absolute atomic E-state index is 10.3. The predicted octanol–water partition coefficient (Wildman–Crippen LogP) is 0.542. The van der Waals surface area contributed by atoms with Gasteiger partial charge in [0, 0.05) is 6.54 Å². The zero-order valence-electron chi connectivity index (χ0n) is 6.04. The molecule has 0 aliphatic rings. The highest BCUT2D eigenvalue weighted by Crippen LogP contribution is 2.10. The average Bonchev–Trinajstić information content (AvgIpc) is 1.89. The Morgan fingerprint density at radius 1 is 1.80 bits per heavy atom. The van der Waals surface area contributed by atoms with E-state index in [2.05, 4.69) is 0 Å². The fourth-order valence-electron chi connectivity index (χ4n) is 0.500. The van der Waals surface area contributed by atoms with Gasteiger partial charge in [-0.15, -0.1) is 11.8 Å². The lowest BCUT2D eigenvalue weighted by molar-refractivity contribution is -0.136. The first-order valence-electron chi connectivity index (χ1n) is 3.26. The van der Waals surface area contributed by atoms with Crippen molar-refractivity contribution in [3.63, 3.8) is 0 Å². The lowest BCUT2D eigenvalue weighted by Crippen LogP contribution is -2.26. The maximum atomic E-state index is 10.3. The van der Waals surface area contributed by atoms with Gasteiger partial charge < -0.3 is 10.8 Å². The number of aliphatic carboxylic acids is 1. The summed E-state index contributed by atoms with van der Waals surface area (Å²) in [5.41, 5.74) is 5.21. The highest BCUT2D eigenvalue weighted by molar-refractivity contribution is 8.00. The van der Waals surface area contributed by atoms with E-state index >= 15 is 0 Å². The minimum atomic E-state index is -0.805. The van der Waals surface area contributed by atoms with Crippen LogP contribution >= 0.6 is 11.8 Å². The molecule has 0 aliphatic heterocycles. The highest BCUT2D eigenvalue weighted by Gasteiger charge is 2.14. The van der Waals surface area contributed by atoms with Gasteiger partial charge in [0.25, 0.3) is 0 Å². The van der Waals surface area contributed by atoms with E-state index in [0.717, 1.165) is 12.2 Å². The molecule has 0 heterocycles. The second-order valence-electron chi connectivity index (χ2n) is 1.93. The second-order valence-corrected chi connectivity index (χ2v) is 3.24. The van der Waals surface area contributed by atoms with Crippen LogP contribution in [0.3, 0.4) is 0 Å². The summed E-state index contributed by atoms with van der Waals surface area (Å²) in [4.78, 5) is 10.3. The van der Waals surface area contributed by atoms with Gasteiger partial charge in [-0.1, -0.05) is 6.92 Å². The van der Waals surface area contributed by atoms with Crippen molar-refractivity contribution in [3.05, 3.63) is 0 Å². The van der Waals surface area contributed by atoms with E-state index in [1.54, 1.807) is 0 Å². The van der Waals surface area contributed by atoms with Gasteiger partial charge >= 0.3 is 5.97 Å². The summed E-state index contributed by atoms with van der Waals surface area (Å²) < 4.78 is 0. The van der Waals surface area contributed by atoms with Gasteiger partial charge in [-0.2, -0.15) is 0 Å². The van der Waals surface area contributed by atoms with Crippen molar-refractivity contribution in [1.29, 1.82) is 0 Å². The van der Waals surface area contributed by atoms with Gasteiger partial charge in [-0.05, 0) is 12.2 Å². The molecular weight excluding hydrogens is 150 g/mol. The number of thioether (sulfide) groups is 1. The fraction of sp³-hybridized carbons (Fsp3) is 0.833. The molecule has 0 saturated heterocycles. The highest BCUT2D eigenvalue weighted by atomic mass is 32.2. The molecule has 0 aromatic rings. The standard InChI is InChI=1S/C6H13NO2S/c1-2-3-10-5(4-7)6(8)9/h5H,2-4,7H2,1H3,(H,8,9). The van der Waals surface area contributed by atoms with Crippen molar-refractivity contribution < 1.29 is 9.90 Å². The van der Waals surface area contributed by atoms with Gasteiger partial charge in [-0.3, -0.25) is 4.79 Å². The smallest absolute Gasteiger partial charge is 0.317 e. The second kappa shape index (κ2) is 5.56. The average molecular weight is 163 g/mol. The molecule has 1 atom stereocenters. The molecule has 0 amide bonds. The SMILES string of the molecule is CCCSC(CN)C(=O)O. The van der Waals surface area contributed by atoms with Crippen molar-refractivity contribution >= 4 is 17.7 Å². The Bertz CT molecular complexity index is 108. The molecule has 0 saturated carbocycles. The van der Waals surface area contributed by atoms with E-state index in [4.69, 9.17) is 10.8 Å². The van der Waals surface area contributed by atoms with E-state index < -0.39 is 11.2 Å². The third kappa shape index (κ3) is 3.74. The van der Waals surface area contributed by atoms with Crippen molar-refractivity contribution in [2.75, 3.05) is 12.3 Å². The molecule has 3 N–H and O–H groups in total. The maximum Gasteiger partial charge on any atom is 0.317 e. The number of rotatable bonds is 5. The van der Waals surface area contributed by atoms with Crippen molar-refractivity contribution in [3.8, 4) is 0 Å². The Morgan fingerprint density at radius 2 is 2.40 bits per heavy atom. The summed E-state index contributed by atoms with van der Waals surface area (Å²) in [6.45, 7) is 2.24. The third-order valence-electron chi connectivity index (χ3n) is 1.01. The van der Waals surface area contributed by atoms with Gasteiger partial charge in [0.15, 0.2) is 0 Å². The molecule has 0 fully saturated rings. The summed E-state index contributed by atoms with van der Waals surface area (Å²) >= 11 is 1.41. The van der Waals surface area contributed by atoms with Crippen molar-refractivity contribution in [2.24, 2.45) is 5.73 Å². The minimum Gasteiger partial charge on any atom is -0.480 e. The van der Waals surface area contributed by atoms with E-state index in [0.29, 0.717) is 0 Å². The van der Waals surface area contributed by atoms with Crippen LogP contribution in [0.15, 0.2) is 0 Å². The largest absolute Gasteiger partial charge is 0.480 e. The van der Waals surface area contributed by atoms with E-state index in [9.17, 15) is 4.79 Å². The van der Waals surface area contributed by atoms with Gasteiger partial charge in [-0.25, -0.2) is 0 Å². The van der Waals surface area contributed by atoms with Crippen LogP contribution in [0.1, 0.15) is 13.3 Å². The molecule has 60 valence electrons. The van der Waals surface area contributed by atoms with Gasteiger partial charge in [0.05, 0.1) is 0 Å². The van der Waals surface area contributed by atoms with Gasteiger partial charge in [0.1, 0.15) is 5.25 Å². The van der Waals surface area contributed by atoms with Gasteiger partial charge in [0.2, 0.25) is 0 Å². The molecule has 0 aromatic heterocycles. The minimum absolute atomic E-state index is 0.222. The summed E-state index contributed by atoms with van der Waals surface area (Å²) in [7, 11) is 0. The number of carbonyl (C=O) groups is 1. The lowest BCUT2D eigenvalue weighted by atomic mass is 10.4. The summed E-state index contributed by atoms with van der Waals surface area (Å²) in [6.07, 6.45) is 0.994. The molecule has 10 heavy (non-hydrogen) atoms. The van der Waals surface area contributed by atoms with E-state index in [-0.39, 0.29) is 6.54 Å². The zero-order valence-corrected chi connectivity index (χ0v) is 6.86. The third-order valence-corrected chi connectivity index (χ3v) is 2.45. The Kier molecular flexibility index (Phi) is 5.43. The van der Waals surface area contributed by atoms with E-state index in [1.165, 1.54) is 11.8 Å². The first-order valence-corrected chi connectivity index (χ1v) is 4.31. The number of carboxylic acids is 1. The first-order chi connectivity index (χ1) is 4.72.